The smallest absolute Gasteiger partial charge is 0.270 e. The van der Waals surface area contributed by atoms with E-state index in [0.717, 1.165) is 17.2 Å². The second-order valence-electron chi connectivity index (χ2n) is 7.93. The third kappa shape index (κ3) is 6.15. The van der Waals surface area contributed by atoms with Gasteiger partial charge in [0.05, 0.1) is 11.6 Å². The molecule has 0 aliphatic rings. The Balaban J connectivity index is 2.13. The summed E-state index contributed by atoms with van der Waals surface area (Å²) < 4.78 is 0. The lowest BCUT2D eigenvalue weighted by atomic mass is 10.0. The molecule has 0 fully saturated rings. The average Bonchev–Trinajstić information content (AvgIpc) is 2.65. The van der Waals surface area contributed by atoms with Crippen LogP contribution in [0.5, 0.6) is 0 Å². The standard InChI is InChI=1S/C22H29N3O3/c1-14(2)11-17(13-26)23-22(28)20(12-15(3)4)25-21(27)19-10-9-16-7-5-6-8-18(16)24-19/h5-10,13-15,17,20H,11-12H2,1-4H3,(H,23,28)(H,25,27)/t17-,20-/m0/s1. The lowest BCUT2D eigenvalue weighted by molar-refractivity contribution is -0.126. The van der Waals surface area contributed by atoms with E-state index in [1.807, 2.05) is 58.0 Å². The largest absolute Gasteiger partial charge is 0.345 e. The Hall–Kier alpha value is -2.76. The minimum Gasteiger partial charge on any atom is -0.345 e. The van der Waals surface area contributed by atoms with Crippen LogP contribution in [-0.2, 0) is 9.59 Å². The molecule has 2 amide bonds. The number of aldehydes is 1. The number of carbonyl (C=O) groups is 3. The van der Waals surface area contributed by atoms with E-state index in [9.17, 15) is 14.4 Å². The summed E-state index contributed by atoms with van der Waals surface area (Å²) in [7, 11) is 0. The molecule has 0 unspecified atom stereocenters. The van der Waals surface area contributed by atoms with Crippen LogP contribution in [0.3, 0.4) is 0 Å². The SMILES string of the molecule is CC(C)C[C@@H](C=O)NC(=O)[C@H](CC(C)C)NC(=O)c1ccc2ccccc2n1. The van der Waals surface area contributed by atoms with Crippen molar-refractivity contribution in [2.24, 2.45) is 11.8 Å². The highest BCUT2D eigenvalue weighted by atomic mass is 16.2. The molecule has 0 aliphatic carbocycles. The number of carbonyl (C=O) groups excluding carboxylic acids is 3. The van der Waals surface area contributed by atoms with E-state index in [2.05, 4.69) is 15.6 Å². The van der Waals surface area contributed by atoms with Gasteiger partial charge in [-0.25, -0.2) is 4.98 Å². The molecule has 6 nitrogen and oxygen atoms in total. The summed E-state index contributed by atoms with van der Waals surface area (Å²) in [5, 5.41) is 6.47. The second kappa shape index (κ2) is 9.97. The highest BCUT2D eigenvalue weighted by molar-refractivity contribution is 5.98. The van der Waals surface area contributed by atoms with Crippen molar-refractivity contribution in [3.63, 3.8) is 0 Å². The van der Waals surface area contributed by atoms with Gasteiger partial charge in [0.15, 0.2) is 0 Å². The second-order valence-corrected chi connectivity index (χ2v) is 7.93. The molecule has 1 heterocycles. The number of nitrogens with zero attached hydrogens (tertiary/aromatic N) is 1. The highest BCUT2D eigenvalue weighted by Crippen LogP contribution is 2.13. The maximum atomic E-state index is 12.7. The minimum absolute atomic E-state index is 0.195. The minimum atomic E-state index is -0.726. The lowest BCUT2D eigenvalue weighted by Gasteiger charge is -2.23. The number of pyridine rings is 1. The molecule has 2 N–H and O–H groups in total. The Morgan fingerprint density at radius 1 is 0.964 bits per heavy atom. The molecule has 0 bridgehead atoms. The topological polar surface area (TPSA) is 88.2 Å². The fourth-order valence-corrected chi connectivity index (χ4v) is 3.07. The van der Waals surface area contributed by atoms with Gasteiger partial charge < -0.3 is 15.4 Å². The molecular formula is C22H29N3O3. The number of fused-ring (bicyclic) bond motifs is 1. The zero-order chi connectivity index (χ0) is 20.7. The molecule has 0 aliphatic heterocycles. The number of rotatable bonds is 9. The van der Waals surface area contributed by atoms with Crippen LogP contribution in [0.4, 0.5) is 0 Å². The van der Waals surface area contributed by atoms with Crippen molar-refractivity contribution >= 4 is 29.0 Å². The van der Waals surface area contributed by atoms with Gasteiger partial charge in [-0.05, 0) is 36.8 Å². The molecule has 2 rings (SSSR count). The molecule has 6 heteroatoms. The lowest BCUT2D eigenvalue weighted by Crippen LogP contribution is -2.51. The van der Waals surface area contributed by atoms with Gasteiger partial charge in [0.2, 0.25) is 5.91 Å². The molecule has 1 aromatic carbocycles. The summed E-state index contributed by atoms with van der Waals surface area (Å²) in [6, 6.07) is 9.73. The predicted octanol–water partition coefficient (Wildman–Crippen LogP) is 3.11. The maximum absolute atomic E-state index is 12.7. The zero-order valence-electron chi connectivity index (χ0n) is 16.9. The number of para-hydroxylation sites is 1. The van der Waals surface area contributed by atoms with Crippen molar-refractivity contribution in [2.45, 2.75) is 52.6 Å². The number of benzene rings is 1. The number of nitrogens with one attached hydrogen (secondary N) is 2. The molecule has 0 saturated heterocycles. The van der Waals surface area contributed by atoms with E-state index in [1.54, 1.807) is 6.07 Å². The Kier molecular flexibility index (Phi) is 7.67. The van der Waals surface area contributed by atoms with Crippen molar-refractivity contribution in [3.05, 3.63) is 42.1 Å². The van der Waals surface area contributed by atoms with Crippen LogP contribution in [0.25, 0.3) is 10.9 Å². The number of hydrogen-bond acceptors (Lipinski definition) is 4. The summed E-state index contributed by atoms with van der Waals surface area (Å²) in [6.07, 6.45) is 1.78. The van der Waals surface area contributed by atoms with Crippen LogP contribution >= 0.6 is 0 Å². The molecule has 28 heavy (non-hydrogen) atoms. The van der Waals surface area contributed by atoms with Gasteiger partial charge in [0.25, 0.3) is 5.91 Å². The van der Waals surface area contributed by atoms with Crippen molar-refractivity contribution in [1.82, 2.24) is 15.6 Å². The highest BCUT2D eigenvalue weighted by Gasteiger charge is 2.25. The average molecular weight is 383 g/mol. The zero-order valence-corrected chi connectivity index (χ0v) is 16.9. The van der Waals surface area contributed by atoms with Gasteiger partial charge in [0, 0.05) is 5.39 Å². The van der Waals surface area contributed by atoms with Crippen LogP contribution in [0.1, 0.15) is 51.0 Å². The van der Waals surface area contributed by atoms with E-state index in [0.29, 0.717) is 12.8 Å². The molecule has 0 saturated carbocycles. The molecule has 2 atom stereocenters. The predicted molar refractivity (Wildman–Crippen MR) is 110 cm³/mol. The third-order valence-corrected chi connectivity index (χ3v) is 4.38. The van der Waals surface area contributed by atoms with E-state index in [4.69, 9.17) is 0 Å². The Bertz CT molecular complexity index is 833. The van der Waals surface area contributed by atoms with Crippen molar-refractivity contribution in [3.8, 4) is 0 Å². The summed E-state index contributed by atoms with van der Waals surface area (Å²) in [6.45, 7) is 7.93. The quantitative estimate of drug-likeness (QED) is 0.651. The van der Waals surface area contributed by atoms with Crippen molar-refractivity contribution < 1.29 is 14.4 Å². The first-order chi connectivity index (χ1) is 13.3. The molecule has 0 radical (unpaired) electrons. The van der Waals surface area contributed by atoms with Crippen LogP contribution in [0.2, 0.25) is 0 Å². The van der Waals surface area contributed by atoms with Crippen molar-refractivity contribution in [1.29, 1.82) is 0 Å². The van der Waals surface area contributed by atoms with E-state index in [-0.39, 0.29) is 23.4 Å². The molecular weight excluding hydrogens is 354 g/mol. The van der Waals surface area contributed by atoms with Gasteiger partial charge in [-0.1, -0.05) is 52.0 Å². The summed E-state index contributed by atoms with van der Waals surface area (Å²) >= 11 is 0. The van der Waals surface area contributed by atoms with Crippen LogP contribution in [-0.4, -0.2) is 35.2 Å². The van der Waals surface area contributed by atoms with Crippen LogP contribution < -0.4 is 10.6 Å². The van der Waals surface area contributed by atoms with E-state index >= 15 is 0 Å². The Morgan fingerprint density at radius 2 is 1.64 bits per heavy atom. The van der Waals surface area contributed by atoms with Gasteiger partial charge in [-0.15, -0.1) is 0 Å². The van der Waals surface area contributed by atoms with Crippen LogP contribution in [0, 0.1) is 11.8 Å². The third-order valence-electron chi connectivity index (χ3n) is 4.38. The van der Waals surface area contributed by atoms with Gasteiger partial charge in [-0.2, -0.15) is 0 Å². The first-order valence-corrected chi connectivity index (χ1v) is 9.72. The Morgan fingerprint density at radius 3 is 2.29 bits per heavy atom. The molecule has 150 valence electrons. The summed E-state index contributed by atoms with van der Waals surface area (Å²) in [4.78, 5) is 41.1. The first-order valence-electron chi connectivity index (χ1n) is 9.72. The monoisotopic (exact) mass is 383 g/mol. The van der Waals surface area contributed by atoms with Gasteiger partial charge >= 0.3 is 0 Å². The van der Waals surface area contributed by atoms with E-state index < -0.39 is 18.0 Å². The normalized spacial score (nSPS) is 13.4. The van der Waals surface area contributed by atoms with E-state index in [1.165, 1.54) is 0 Å². The fourth-order valence-electron chi connectivity index (χ4n) is 3.07. The Labute approximate surface area is 166 Å². The van der Waals surface area contributed by atoms with Gasteiger partial charge in [0.1, 0.15) is 18.0 Å². The molecule has 0 spiro atoms. The van der Waals surface area contributed by atoms with Gasteiger partial charge in [-0.3, -0.25) is 9.59 Å². The number of amides is 2. The number of aromatic nitrogens is 1. The summed E-state index contributed by atoms with van der Waals surface area (Å²) in [5.74, 6) is -0.283. The summed E-state index contributed by atoms with van der Waals surface area (Å²) in [5.41, 5.74) is 0.979. The van der Waals surface area contributed by atoms with Crippen LogP contribution in [0.15, 0.2) is 36.4 Å². The molecule has 2 aromatic rings. The maximum Gasteiger partial charge on any atom is 0.270 e. The van der Waals surface area contributed by atoms with Crippen molar-refractivity contribution in [2.75, 3.05) is 0 Å². The first kappa shape index (κ1) is 21.5. The fraction of sp³-hybridized carbons (Fsp3) is 0.455. The number of hydrogen-bond donors (Lipinski definition) is 2. The molecule has 1 aromatic heterocycles.